The molecule has 1 saturated carbocycles. The lowest BCUT2D eigenvalue weighted by atomic mass is 10.1. The molecule has 1 heterocycles. The van der Waals surface area contributed by atoms with Crippen LogP contribution in [0, 0.1) is 0 Å². The maximum absolute atomic E-state index is 5.74. The number of hydrogen-bond donors (Lipinski definition) is 0. The molecule has 1 aliphatic heterocycles. The zero-order chi connectivity index (χ0) is 8.39. The van der Waals surface area contributed by atoms with Gasteiger partial charge in [0.15, 0.2) is 0 Å². The highest BCUT2D eigenvalue weighted by Crippen LogP contribution is 2.36. The number of rotatable bonds is 3. The lowest BCUT2D eigenvalue weighted by molar-refractivity contribution is 0.0269. The van der Waals surface area contributed by atoms with E-state index in [0.717, 1.165) is 13.0 Å². The van der Waals surface area contributed by atoms with Crippen molar-refractivity contribution < 1.29 is 9.47 Å². The van der Waals surface area contributed by atoms with E-state index in [1.54, 1.807) is 0 Å². The maximum Gasteiger partial charge on any atom is 0.110 e. The summed E-state index contributed by atoms with van der Waals surface area (Å²) in [5.41, 5.74) is 0. The third-order valence-corrected chi connectivity index (χ3v) is 2.75. The van der Waals surface area contributed by atoms with Crippen molar-refractivity contribution in [3.63, 3.8) is 0 Å². The predicted octanol–water partition coefficient (Wildman–Crippen LogP) is 2.12. The Morgan fingerprint density at radius 2 is 2.17 bits per heavy atom. The first kappa shape index (κ1) is 8.52. The summed E-state index contributed by atoms with van der Waals surface area (Å²) in [5, 5.41) is 0. The smallest absolute Gasteiger partial charge is 0.110 e. The van der Waals surface area contributed by atoms with Crippen LogP contribution in [0.5, 0.6) is 0 Å². The van der Waals surface area contributed by atoms with E-state index in [2.05, 4.69) is 6.92 Å². The molecule has 0 amide bonds. The van der Waals surface area contributed by atoms with E-state index < -0.39 is 0 Å². The fraction of sp³-hybridized carbons (Fsp3) is 1.00. The van der Waals surface area contributed by atoms with Gasteiger partial charge in [0.2, 0.25) is 0 Å². The van der Waals surface area contributed by atoms with Gasteiger partial charge in [-0.3, -0.25) is 0 Å². The molecule has 0 aromatic heterocycles. The van der Waals surface area contributed by atoms with Crippen LogP contribution in [0.25, 0.3) is 0 Å². The van der Waals surface area contributed by atoms with Gasteiger partial charge in [-0.25, -0.2) is 0 Å². The van der Waals surface area contributed by atoms with Gasteiger partial charge < -0.3 is 9.47 Å². The highest BCUT2D eigenvalue weighted by Gasteiger charge is 2.46. The SMILES string of the molecule is CCCOC1CCCCC2OC12. The van der Waals surface area contributed by atoms with Crippen molar-refractivity contribution in [1.82, 2.24) is 0 Å². The minimum atomic E-state index is 0.414. The summed E-state index contributed by atoms with van der Waals surface area (Å²) in [6.07, 6.45) is 7.66. The molecule has 0 N–H and O–H groups in total. The van der Waals surface area contributed by atoms with Crippen LogP contribution in [-0.4, -0.2) is 24.9 Å². The second-order valence-electron chi connectivity index (χ2n) is 3.83. The summed E-state index contributed by atoms with van der Waals surface area (Å²) >= 11 is 0. The van der Waals surface area contributed by atoms with Gasteiger partial charge in [-0.05, 0) is 19.3 Å². The van der Waals surface area contributed by atoms with E-state index in [4.69, 9.17) is 9.47 Å². The zero-order valence-corrected chi connectivity index (χ0v) is 7.79. The third-order valence-electron chi connectivity index (χ3n) is 2.75. The highest BCUT2D eigenvalue weighted by atomic mass is 16.6. The first-order valence-corrected chi connectivity index (χ1v) is 5.19. The highest BCUT2D eigenvalue weighted by molar-refractivity contribution is 4.93. The van der Waals surface area contributed by atoms with Crippen molar-refractivity contribution in [2.45, 2.75) is 57.3 Å². The molecule has 0 aromatic rings. The molecular weight excluding hydrogens is 152 g/mol. The van der Waals surface area contributed by atoms with Gasteiger partial charge in [0.25, 0.3) is 0 Å². The van der Waals surface area contributed by atoms with Gasteiger partial charge in [-0.15, -0.1) is 0 Å². The fourth-order valence-corrected chi connectivity index (χ4v) is 2.02. The van der Waals surface area contributed by atoms with Crippen LogP contribution in [0.15, 0.2) is 0 Å². The molecule has 0 spiro atoms. The lowest BCUT2D eigenvalue weighted by Gasteiger charge is -2.13. The Hall–Kier alpha value is -0.0800. The predicted molar refractivity (Wildman–Crippen MR) is 47.2 cm³/mol. The molecule has 1 saturated heterocycles. The van der Waals surface area contributed by atoms with Gasteiger partial charge in [0.05, 0.1) is 12.2 Å². The molecule has 1 aliphatic carbocycles. The summed E-state index contributed by atoms with van der Waals surface area (Å²) in [4.78, 5) is 0. The quantitative estimate of drug-likeness (QED) is 0.605. The van der Waals surface area contributed by atoms with Crippen LogP contribution in [0.1, 0.15) is 39.0 Å². The summed E-state index contributed by atoms with van der Waals surface area (Å²) < 4.78 is 11.3. The Bertz CT molecular complexity index is 147. The molecule has 0 bridgehead atoms. The summed E-state index contributed by atoms with van der Waals surface area (Å²) in [7, 11) is 0. The first-order chi connectivity index (χ1) is 5.92. The van der Waals surface area contributed by atoms with E-state index in [1.165, 1.54) is 25.7 Å². The zero-order valence-electron chi connectivity index (χ0n) is 7.79. The topological polar surface area (TPSA) is 21.8 Å². The van der Waals surface area contributed by atoms with Crippen molar-refractivity contribution in [3.05, 3.63) is 0 Å². The molecule has 2 rings (SSSR count). The first-order valence-electron chi connectivity index (χ1n) is 5.19. The molecule has 70 valence electrons. The van der Waals surface area contributed by atoms with Crippen molar-refractivity contribution in [2.24, 2.45) is 0 Å². The summed E-state index contributed by atoms with van der Waals surface area (Å²) in [6.45, 7) is 3.05. The Morgan fingerprint density at radius 3 is 3.00 bits per heavy atom. The minimum absolute atomic E-state index is 0.414. The van der Waals surface area contributed by atoms with Crippen LogP contribution in [-0.2, 0) is 9.47 Å². The molecule has 2 nitrogen and oxygen atoms in total. The van der Waals surface area contributed by atoms with E-state index in [0.29, 0.717) is 18.3 Å². The van der Waals surface area contributed by atoms with E-state index in [9.17, 15) is 0 Å². The second kappa shape index (κ2) is 3.75. The van der Waals surface area contributed by atoms with Gasteiger partial charge in [-0.2, -0.15) is 0 Å². The number of epoxide rings is 1. The molecule has 3 unspecified atom stereocenters. The molecule has 2 aliphatic rings. The standard InChI is InChI=1S/C10H18O2/c1-2-7-11-8-5-3-4-6-9-10(8)12-9/h8-10H,2-7H2,1H3. The Labute approximate surface area is 74.2 Å². The van der Waals surface area contributed by atoms with Gasteiger partial charge in [0.1, 0.15) is 6.10 Å². The van der Waals surface area contributed by atoms with Crippen LogP contribution < -0.4 is 0 Å². The largest absolute Gasteiger partial charge is 0.375 e. The minimum Gasteiger partial charge on any atom is -0.375 e. The monoisotopic (exact) mass is 170 g/mol. The number of fused-ring (bicyclic) bond motifs is 1. The van der Waals surface area contributed by atoms with Crippen molar-refractivity contribution in [1.29, 1.82) is 0 Å². The Morgan fingerprint density at radius 1 is 1.33 bits per heavy atom. The maximum atomic E-state index is 5.74. The molecule has 0 aromatic carbocycles. The average molecular weight is 170 g/mol. The summed E-state index contributed by atoms with van der Waals surface area (Å²) in [6, 6.07) is 0. The van der Waals surface area contributed by atoms with Crippen molar-refractivity contribution >= 4 is 0 Å². The third kappa shape index (κ3) is 1.80. The van der Waals surface area contributed by atoms with Gasteiger partial charge in [0, 0.05) is 6.61 Å². The fourth-order valence-electron chi connectivity index (χ4n) is 2.02. The van der Waals surface area contributed by atoms with Crippen LogP contribution in [0.3, 0.4) is 0 Å². The van der Waals surface area contributed by atoms with Gasteiger partial charge >= 0.3 is 0 Å². The normalized spacial score (nSPS) is 40.2. The molecular formula is C10H18O2. The van der Waals surface area contributed by atoms with Crippen LogP contribution in [0.4, 0.5) is 0 Å². The number of ether oxygens (including phenoxy) is 2. The molecule has 0 radical (unpaired) electrons. The second-order valence-corrected chi connectivity index (χ2v) is 3.83. The molecule has 2 heteroatoms. The van der Waals surface area contributed by atoms with Gasteiger partial charge in [-0.1, -0.05) is 19.8 Å². The van der Waals surface area contributed by atoms with E-state index in [-0.39, 0.29) is 0 Å². The van der Waals surface area contributed by atoms with E-state index >= 15 is 0 Å². The Kier molecular flexibility index (Phi) is 2.66. The van der Waals surface area contributed by atoms with Crippen LogP contribution in [0.2, 0.25) is 0 Å². The van der Waals surface area contributed by atoms with Crippen LogP contribution >= 0.6 is 0 Å². The lowest BCUT2D eigenvalue weighted by Crippen LogP contribution is -2.20. The van der Waals surface area contributed by atoms with Crippen molar-refractivity contribution in [3.8, 4) is 0 Å². The summed E-state index contributed by atoms with van der Waals surface area (Å²) in [5.74, 6) is 0. The average Bonchev–Trinajstić information content (AvgIpc) is 2.80. The molecule has 12 heavy (non-hydrogen) atoms. The van der Waals surface area contributed by atoms with E-state index in [1.807, 2.05) is 0 Å². The number of hydrogen-bond acceptors (Lipinski definition) is 2. The molecule has 2 fully saturated rings. The Balaban J connectivity index is 1.78. The molecule has 3 atom stereocenters. The van der Waals surface area contributed by atoms with Crippen molar-refractivity contribution in [2.75, 3.05) is 6.61 Å².